The highest BCUT2D eigenvalue weighted by atomic mass is 32.2. The number of rotatable bonds is 5. The summed E-state index contributed by atoms with van der Waals surface area (Å²) in [6, 6.07) is 5.49. The summed E-state index contributed by atoms with van der Waals surface area (Å²) in [6.45, 7) is 0.656. The van der Waals surface area contributed by atoms with E-state index in [4.69, 9.17) is 4.74 Å². The summed E-state index contributed by atoms with van der Waals surface area (Å²) < 4.78 is 15.8. The number of nitrogens with one attached hydrogen (secondary N) is 1. The van der Waals surface area contributed by atoms with E-state index in [-0.39, 0.29) is 0 Å². The average molecular weight is 214 g/mol. The fraction of sp³-hybridized carbons (Fsp3) is 0.444. The maximum Gasteiger partial charge on any atom is 0.214 e. The molecule has 1 heterocycles. The van der Waals surface area contributed by atoms with E-state index in [9.17, 15) is 4.21 Å². The third kappa shape index (κ3) is 3.74. The van der Waals surface area contributed by atoms with Crippen molar-refractivity contribution in [2.75, 3.05) is 31.0 Å². The quantitative estimate of drug-likeness (QED) is 0.790. The highest BCUT2D eigenvalue weighted by Crippen LogP contribution is 2.09. The van der Waals surface area contributed by atoms with E-state index in [2.05, 4.69) is 10.3 Å². The van der Waals surface area contributed by atoms with E-state index < -0.39 is 10.8 Å². The van der Waals surface area contributed by atoms with Crippen LogP contribution in [0.4, 0.5) is 5.82 Å². The molecule has 0 saturated heterocycles. The van der Waals surface area contributed by atoms with E-state index in [1.807, 2.05) is 12.1 Å². The van der Waals surface area contributed by atoms with Crippen molar-refractivity contribution in [3.8, 4) is 5.88 Å². The molecule has 5 heteroatoms. The summed E-state index contributed by atoms with van der Waals surface area (Å²) in [5.74, 6) is 1.95. The lowest BCUT2D eigenvalue weighted by Gasteiger charge is -2.05. The molecule has 0 amide bonds. The van der Waals surface area contributed by atoms with Gasteiger partial charge in [0.15, 0.2) is 0 Å². The molecular formula is C9H14N2O2S. The Labute approximate surface area is 86.1 Å². The van der Waals surface area contributed by atoms with Gasteiger partial charge in [-0.25, -0.2) is 0 Å². The predicted octanol–water partition coefficient (Wildman–Crippen LogP) is 0.881. The summed E-state index contributed by atoms with van der Waals surface area (Å²) in [6.07, 6.45) is 1.68. The molecule has 78 valence electrons. The van der Waals surface area contributed by atoms with Gasteiger partial charge in [-0.3, -0.25) is 4.21 Å². The summed E-state index contributed by atoms with van der Waals surface area (Å²) in [5, 5.41) is 3.07. The molecule has 1 atom stereocenters. The standard InChI is InChI=1S/C9H14N2O2S/c1-13-9-5-3-4-8(11-9)10-6-7-14(2)12/h3-5H,6-7H2,1-2H3,(H,10,11). The molecule has 1 aromatic rings. The molecule has 0 spiro atoms. The average Bonchev–Trinajstić information content (AvgIpc) is 2.18. The molecule has 14 heavy (non-hydrogen) atoms. The Hall–Kier alpha value is -1.10. The Morgan fingerprint density at radius 1 is 1.57 bits per heavy atom. The number of pyridine rings is 1. The number of hydrogen-bond acceptors (Lipinski definition) is 4. The van der Waals surface area contributed by atoms with E-state index in [1.54, 1.807) is 19.4 Å². The molecule has 0 radical (unpaired) electrons. The van der Waals surface area contributed by atoms with Crippen LogP contribution in [-0.2, 0) is 10.8 Å². The molecule has 1 aromatic heterocycles. The van der Waals surface area contributed by atoms with Crippen LogP contribution in [0.15, 0.2) is 18.2 Å². The zero-order valence-electron chi connectivity index (χ0n) is 8.32. The smallest absolute Gasteiger partial charge is 0.214 e. The van der Waals surface area contributed by atoms with Gasteiger partial charge in [-0.1, -0.05) is 6.07 Å². The maximum absolute atomic E-state index is 10.8. The summed E-state index contributed by atoms with van der Waals surface area (Å²) in [4.78, 5) is 4.16. The summed E-state index contributed by atoms with van der Waals surface area (Å²) in [5.41, 5.74) is 0. The van der Waals surface area contributed by atoms with Crippen molar-refractivity contribution in [1.82, 2.24) is 4.98 Å². The molecule has 0 aliphatic heterocycles. The lowest BCUT2D eigenvalue weighted by atomic mass is 10.4. The second-order valence-electron chi connectivity index (χ2n) is 2.77. The van der Waals surface area contributed by atoms with Gasteiger partial charge < -0.3 is 10.1 Å². The highest BCUT2D eigenvalue weighted by Gasteiger charge is 1.96. The van der Waals surface area contributed by atoms with Gasteiger partial charge in [0.05, 0.1) is 7.11 Å². The predicted molar refractivity (Wildman–Crippen MR) is 58.2 cm³/mol. The normalized spacial score (nSPS) is 12.1. The van der Waals surface area contributed by atoms with Crippen molar-refractivity contribution in [2.45, 2.75) is 0 Å². The monoisotopic (exact) mass is 214 g/mol. The first-order valence-electron chi connectivity index (χ1n) is 4.27. The molecule has 0 fully saturated rings. The maximum atomic E-state index is 10.8. The van der Waals surface area contributed by atoms with Crippen molar-refractivity contribution in [1.29, 1.82) is 0 Å². The molecule has 0 aliphatic carbocycles. The Morgan fingerprint density at radius 3 is 3.00 bits per heavy atom. The first-order valence-corrected chi connectivity index (χ1v) is 6.00. The van der Waals surface area contributed by atoms with Gasteiger partial charge >= 0.3 is 0 Å². The number of methoxy groups -OCH3 is 1. The number of aromatic nitrogens is 1. The molecule has 0 aromatic carbocycles. The SMILES string of the molecule is COc1cccc(NCCS(C)=O)n1. The Morgan fingerprint density at radius 2 is 2.36 bits per heavy atom. The van der Waals surface area contributed by atoms with Crippen LogP contribution in [0.3, 0.4) is 0 Å². The van der Waals surface area contributed by atoms with Crippen LogP contribution in [0.5, 0.6) is 5.88 Å². The van der Waals surface area contributed by atoms with E-state index in [0.717, 1.165) is 5.82 Å². The first-order chi connectivity index (χ1) is 6.72. The lowest BCUT2D eigenvalue weighted by molar-refractivity contribution is 0.398. The molecule has 0 bridgehead atoms. The number of hydrogen-bond donors (Lipinski definition) is 1. The third-order valence-corrected chi connectivity index (χ3v) is 2.41. The van der Waals surface area contributed by atoms with Gasteiger partial charge in [0.2, 0.25) is 5.88 Å². The number of anilines is 1. The molecule has 1 N–H and O–H groups in total. The fourth-order valence-electron chi connectivity index (χ4n) is 0.950. The zero-order valence-corrected chi connectivity index (χ0v) is 9.13. The minimum Gasteiger partial charge on any atom is -0.481 e. The minimum absolute atomic E-state index is 0.577. The van der Waals surface area contributed by atoms with E-state index in [0.29, 0.717) is 18.2 Å². The van der Waals surface area contributed by atoms with Crippen molar-refractivity contribution in [3.63, 3.8) is 0 Å². The first kappa shape index (κ1) is 11.0. The van der Waals surface area contributed by atoms with Gasteiger partial charge in [0.1, 0.15) is 5.82 Å². The topological polar surface area (TPSA) is 51.2 Å². The largest absolute Gasteiger partial charge is 0.481 e. The van der Waals surface area contributed by atoms with Gasteiger partial charge in [0.25, 0.3) is 0 Å². The second kappa shape index (κ2) is 5.59. The number of nitrogens with zero attached hydrogens (tertiary/aromatic N) is 1. The van der Waals surface area contributed by atoms with Crippen LogP contribution < -0.4 is 10.1 Å². The molecule has 1 unspecified atom stereocenters. The van der Waals surface area contributed by atoms with Crippen molar-refractivity contribution in [2.24, 2.45) is 0 Å². The van der Waals surface area contributed by atoms with Gasteiger partial charge in [-0.2, -0.15) is 4.98 Å². The van der Waals surface area contributed by atoms with Gasteiger partial charge in [0, 0.05) is 35.4 Å². The molecule has 4 nitrogen and oxygen atoms in total. The Balaban J connectivity index is 2.46. The van der Waals surface area contributed by atoms with Crippen LogP contribution >= 0.6 is 0 Å². The minimum atomic E-state index is -0.768. The Kier molecular flexibility index (Phi) is 4.39. The molecule has 0 saturated carbocycles. The van der Waals surface area contributed by atoms with E-state index >= 15 is 0 Å². The Bertz CT molecular complexity index is 317. The molecule has 1 rings (SSSR count). The van der Waals surface area contributed by atoms with Crippen LogP contribution in [-0.4, -0.2) is 34.9 Å². The number of ether oxygens (including phenoxy) is 1. The van der Waals surface area contributed by atoms with Crippen LogP contribution in [0.25, 0.3) is 0 Å². The highest BCUT2D eigenvalue weighted by molar-refractivity contribution is 7.84. The lowest BCUT2D eigenvalue weighted by Crippen LogP contribution is -2.10. The van der Waals surface area contributed by atoms with E-state index in [1.165, 1.54) is 0 Å². The molecule has 0 aliphatic rings. The van der Waals surface area contributed by atoms with Crippen LogP contribution in [0.1, 0.15) is 0 Å². The third-order valence-electron chi connectivity index (χ3n) is 1.63. The summed E-state index contributed by atoms with van der Waals surface area (Å²) in [7, 11) is 0.809. The van der Waals surface area contributed by atoms with Crippen LogP contribution in [0, 0.1) is 0 Å². The summed E-state index contributed by atoms with van der Waals surface area (Å²) >= 11 is 0. The van der Waals surface area contributed by atoms with Gasteiger partial charge in [-0.15, -0.1) is 0 Å². The van der Waals surface area contributed by atoms with Crippen molar-refractivity contribution < 1.29 is 8.95 Å². The van der Waals surface area contributed by atoms with Crippen LogP contribution in [0.2, 0.25) is 0 Å². The molecular weight excluding hydrogens is 200 g/mol. The van der Waals surface area contributed by atoms with Crippen molar-refractivity contribution in [3.05, 3.63) is 18.2 Å². The zero-order chi connectivity index (χ0) is 10.4. The van der Waals surface area contributed by atoms with Crippen molar-refractivity contribution >= 4 is 16.6 Å². The second-order valence-corrected chi connectivity index (χ2v) is 4.32. The fourth-order valence-corrected chi connectivity index (χ4v) is 1.34. The van der Waals surface area contributed by atoms with Gasteiger partial charge in [-0.05, 0) is 6.07 Å².